The molecule has 0 aromatic carbocycles. The fraction of sp³-hybridized carbons (Fsp3) is 1.00. The molecule has 0 saturated carbocycles. The van der Waals surface area contributed by atoms with Crippen LogP contribution in [0.1, 0.15) is 6.42 Å². The molecule has 0 aliphatic heterocycles. The van der Waals surface area contributed by atoms with E-state index in [9.17, 15) is 4.57 Å². The standard InChI is InChI=1S/C7H18NO6P/c9-5-1-2-8(3-6-10)4-7-14-15(11,12)13/h9-10H,1-7H2,(H2,11,12,13). The SMILES string of the molecule is O=P(O)(O)OCCN(CCO)CCCO. The minimum Gasteiger partial charge on any atom is -0.396 e. The highest BCUT2D eigenvalue weighted by atomic mass is 31.2. The molecular formula is C7H18NO6P. The Balaban J connectivity index is 3.70. The second-order valence-electron chi connectivity index (χ2n) is 2.97. The van der Waals surface area contributed by atoms with Gasteiger partial charge in [-0.1, -0.05) is 0 Å². The van der Waals surface area contributed by atoms with Gasteiger partial charge in [0.25, 0.3) is 0 Å². The fourth-order valence-corrected chi connectivity index (χ4v) is 1.38. The Kier molecular flexibility index (Phi) is 8.17. The zero-order valence-corrected chi connectivity index (χ0v) is 9.34. The highest BCUT2D eigenvalue weighted by Gasteiger charge is 2.14. The van der Waals surface area contributed by atoms with Gasteiger partial charge >= 0.3 is 7.82 Å². The predicted octanol–water partition coefficient (Wildman–Crippen LogP) is -1.23. The molecule has 0 atom stereocenters. The van der Waals surface area contributed by atoms with Crippen LogP contribution in [0.2, 0.25) is 0 Å². The lowest BCUT2D eigenvalue weighted by Crippen LogP contribution is -2.31. The lowest BCUT2D eigenvalue weighted by Gasteiger charge is -2.20. The average Bonchev–Trinajstić information content (AvgIpc) is 2.12. The van der Waals surface area contributed by atoms with E-state index in [0.29, 0.717) is 26.1 Å². The third-order valence-electron chi connectivity index (χ3n) is 1.72. The quantitative estimate of drug-likeness (QED) is 0.375. The van der Waals surface area contributed by atoms with Crippen LogP contribution in [0.15, 0.2) is 0 Å². The number of phosphoric ester groups is 1. The molecule has 0 spiro atoms. The van der Waals surface area contributed by atoms with Crippen molar-refractivity contribution in [3.05, 3.63) is 0 Å². The molecule has 8 heteroatoms. The normalized spacial score (nSPS) is 12.3. The summed E-state index contributed by atoms with van der Waals surface area (Å²) < 4.78 is 14.6. The van der Waals surface area contributed by atoms with E-state index in [1.54, 1.807) is 4.90 Å². The Morgan fingerprint density at radius 3 is 2.20 bits per heavy atom. The number of rotatable bonds is 9. The van der Waals surface area contributed by atoms with Crippen LogP contribution in [-0.2, 0) is 9.09 Å². The molecule has 0 aromatic rings. The molecule has 0 fully saturated rings. The van der Waals surface area contributed by atoms with E-state index in [2.05, 4.69) is 4.52 Å². The Morgan fingerprint density at radius 1 is 1.07 bits per heavy atom. The maximum atomic E-state index is 10.3. The molecular weight excluding hydrogens is 225 g/mol. The monoisotopic (exact) mass is 243 g/mol. The lowest BCUT2D eigenvalue weighted by molar-refractivity contribution is 0.137. The molecule has 0 bridgehead atoms. The van der Waals surface area contributed by atoms with Crippen molar-refractivity contribution in [1.29, 1.82) is 0 Å². The number of aliphatic hydroxyl groups is 2. The smallest absolute Gasteiger partial charge is 0.396 e. The first-order chi connectivity index (χ1) is 6.99. The molecule has 15 heavy (non-hydrogen) atoms. The Bertz CT molecular complexity index is 196. The van der Waals surface area contributed by atoms with Crippen molar-refractivity contribution in [1.82, 2.24) is 4.90 Å². The van der Waals surface area contributed by atoms with Crippen LogP contribution in [0.4, 0.5) is 0 Å². The number of phosphoric acid groups is 1. The summed E-state index contributed by atoms with van der Waals surface area (Å²) in [7, 11) is -4.41. The summed E-state index contributed by atoms with van der Waals surface area (Å²) in [6, 6.07) is 0. The van der Waals surface area contributed by atoms with E-state index >= 15 is 0 Å². The minimum atomic E-state index is -4.41. The van der Waals surface area contributed by atoms with Crippen LogP contribution in [0.3, 0.4) is 0 Å². The van der Waals surface area contributed by atoms with Crippen molar-refractivity contribution in [2.75, 3.05) is 39.5 Å². The number of hydrogen-bond acceptors (Lipinski definition) is 5. The third kappa shape index (κ3) is 10.3. The van der Waals surface area contributed by atoms with Crippen LogP contribution in [-0.4, -0.2) is 64.4 Å². The zero-order chi connectivity index (χ0) is 11.7. The number of nitrogens with zero attached hydrogens (tertiary/aromatic N) is 1. The van der Waals surface area contributed by atoms with Gasteiger partial charge in [-0.2, -0.15) is 0 Å². The molecule has 0 aliphatic rings. The Hall–Kier alpha value is -0.0100. The van der Waals surface area contributed by atoms with Crippen LogP contribution in [0.5, 0.6) is 0 Å². The first kappa shape index (κ1) is 15.0. The van der Waals surface area contributed by atoms with Crippen LogP contribution >= 0.6 is 7.82 Å². The largest absolute Gasteiger partial charge is 0.469 e. The summed E-state index contributed by atoms with van der Waals surface area (Å²) in [5, 5.41) is 17.3. The Morgan fingerprint density at radius 2 is 1.73 bits per heavy atom. The first-order valence-electron chi connectivity index (χ1n) is 4.63. The fourth-order valence-electron chi connectivity index (χ4n) is 1.06. The van der Waals surface area contributed by atoms with Gasteiger partial charge in [0.2, 0.25) is 0 Å². The van der Waals surface area contributed by atoms with Gasteiger partial charge in [-0.3, -0.25) is 9.42 Å². The van der Waals surface area contributed by atoms with E-state index in [0.717, 1.165) is 0 Å². The van der Waals surface area contributed by atoms with Crippen molar-refractivity contribution in [2.45, 2.75) is 6.42 Å². The van der Waals surface area contributed by atoms with Gasteiger partial charge in [0, 0.05) is 26.2 Å². The molecule has 0 rings (SSSR count). The van der Waals surface area contributed by atoms with E-state index in [4.69, 9.17) is 20.0 Å². The van der Waals surface area contributed by atoms with Crippen molar-refractivity contribution in [3.63, 3.8) is 0 Å². The molecule has 4 N–H and O–H groups in total. The van der Waals surface area contributed by atoms with E-state index in [-0.39, 0.29) is 19.8 Å². The molecule has 0 radical (unpaired) electrons. The number of hydrogen-bond donors (Lipinski definition) is 4. The summed E-state index contributed by atoms with van der Waals surface area (Å²) in [4.78, 5) is 18.6. The van der Waals surface area contributed by atoms with Crippen molar-refractivity contribution in [2.24, 2.45) is 0 Å². The van der Waals surface area contributed by atoms with Crippen LogP contribution in [0.25, 0.3) is 0 Å². The van der Waals surface area contributed by atoms with Crippen molar-refractivity contribution >= 4 is 7.82 Å². The molecule has 0 aliphatic carbocycles. The first-order valence-corrected chi connectivity index (χ1v) is 6.17. The zero-order valence-electron chi connectivity index (χ0n) is 8.45. The molecule has 0 aromatic heterocycles. The topological polar surface area (TPSA) is 110 Å². The van der Waals surface area contributed by atoms with Crippen molar-refractivity contribution < 1.29 is 29.1 Å². The maximum Gasteiger partial charge on any atom is 0.469 e. The average molecular weight is 243 g/mol. The molecule has 0 saturated heterocycles. The van der Waals surface area contributed by atoms with E-state index in [1.807, 2.05) is 0 Å². The van der Waals surface area contributed by atoms with Gasteiger partial charge in [0.15, 0.2) is 0 Å². The van der Waals surface area contributed by atoms with Crippen LogP contribution in [0, 0.1) is 0 Å². The molecule has 0 amide bonds. The predicted molar refractivity (Wildman–Crippen MR) is 53.2 cm³/mol. The number of aliphatic hydroxyl groups excluding tert-OH is 2. The van der Waals surface area contributed by atoms with E-state index in [1.165, 1.54) is 0 Å². The second-order valence-corrected chi connectivity index (χ2v) is 4.21. The van der Waals surface area contributed by atoms with Gasteiger partial charge in [-0.05, 0) is 6.42 Å². The third-order valence-corrected chi connectivity index (χ3v) is 2.23. The summed E-state index contributed by atoms with van der Waals surface area (Å²) >= 11 is 0. The molecule has 0 unspecified atom stereocenters. The Labute approximate surface area is 88.5 Å². The summed E-state index contributed by atoms with van der Waals surface area (Å²) in [6.07, 6.45) is 0.551. The second kappa shape index (κ2) is 8.18. The highest BCUT2D eigenvalue weighted by molar-refractivity contribution is 7.46. The minimum absolute atomic E-state index is 0.0403. The van der Waals surface area contributed by atoms with Gasteiger partial charge in [0.1, 0.15) is 0 Å². The summed E-state index contributed by atoms with van der Waals surface area (Å²) in [5.41, 5.74) is 0. The van der Waals surface area contributed by atoms with Gasteiger partial charge in [-0.25, -0.2) is 4.57 Å². The van der Waals surface area contributed by atoms with Gasteiger partial charge in [0.05, 0.1) is 13.2 Å². The highest BCUT2D eigenvalue weighted by Crippen LogP contribution is 2.35. The summed E-state index contributed by atoms with van der Waals surface area (Å²) in [6.45, 7) is 1.16. The molecule has 92 valence electrons. The molecule has 0 heterocycles. The van der Waals surface area contributed by atoms with Crippen molar-refractivity contribution in [3.8, 4) is 0 Å². The van der Waals surface area contributed by atoms with E-state index < -0.39 is 7.82 Å². The summed E-state index contributed by atoms with van der Waals surface area (Å²) in [5.74, 6) is 0. The maximum absolute atomic E-state index is 10.3. The van der Waals surface area contributed by atoms with Gasteiger partial charge < -0.3 is 20.0 Å². The lowest BCUT2D eigenvalue weighted by atomic mass is 10.4. The van der Waals surface area contributed by atoms with Crippen LogP contribution < -0.4 is 0 Å². The van der Waals surface area contributed by atoms with Gasteiger partial charge in [-0.15, -0.1) is 0 Å². The molecule has 7 nitrogen and oxygen atoms in total.